The second kappa shape index (κ2) is 7.04. The molecule has 24 heavy (non-hydrogen) atoms. The maximum absolute atomic E-state index is 12.6. The fourth-order valence-corrected chi connectivity index (χ4v) is 3.64. The Morgan fingerprint density at radius 2 is 2.21 bits per heavy atom. The fourth-order valence-electron chi connectivity index (χ4n) is 2.73. The van der Waals surface area contributed by atoms with Crippen molar-refractivity contribution in [2.45, 2.75) is 18.9 Å². The van der Waals surface area contributed by atoms with E-state index in [0.717, 1.165) is 6.42 Å². The number of anilines is 1. The molecule has 2 amide bonds. The van der Waals surface area contributed by atoms with Crippen LogP contribution in [0.25, 0.3) is 0 Å². The number of likely N-dealkylation sites (tertiary alicyclic amines) is 1. The first-order valence-electron chi connectivity index (χ1n) is 7.45. The van der Waals surface area contributed by atoms with Crippen LogP contribution >= 0.6 is 22.9 Å². The molecule has 5 nitrogen and oxygen atoms in total. The zero-order valence-electron chi connectivity index (χ0n) is 12.7. The molecular formula is C17H14ClN3O2S. The summed E-state index contributed by atoms with van der Waals surface area (Å²) in [6.07, 6.45) is 1.43. The van der Waals surface area contributed by atoms with Crippen molar-refractivity contribution in [1.82, 2.24) is 4.90 Å². The van der Waals surface area contributed by atoms with E-state index in [1.54, 1.807) is 29.2 Å². The zero-order chi connectivity index (χ0) is 17.1. The molecule has 1 fully saturated rings. The summed E-state index contributed by atoms with van der Waals surface area (Å²) >= 11 is 7.35. The maximum Gasteiger partial charge on any atom is 0.264 e. The lowest BCUT2D eigenvalue weighted by atomic mass is 10.1. The van der Waals surface area contributed by atoms with Crippen molar-refractivity contribution in [2.24, 2.45) is 0 Å². The first kappa shape index (κ1) is 16.5. The molecule has 1 aliphatic rings. The number of benzene rings is 1. The molecule has 0 radical (unpaired) electrons. The Kier molecular flexibility index (Phi) is 4.84. The fraction of sp³-hybridized carbons (Fsp3) is 0.235. The maximum atomic E-state index is 12.6. The molecule has 2 heterocycles. The lowest BCUT2D eigenvalue weighted by Gasteiger charge is -2.23. The second-order valence-corrected chi connectivity index (χ2v) is 6.78. The molecule has 0 spiro atoms. The summed E-state index contributed by atoms with van der Waals surface area (Å²) in [7, 11) is 0. The quantitative estimate of drug-likeness (QED) is 0.911. The molecule has 1 atom stereocenters. The van der Waals surface area contributed by atoms with Crippen LogP contribution in [0.2, 0.25) is 5.02 Å². The SMILES string of the molecule is N#Cc1ccc(NC(=O)C2CCCN2C(=O)c2cccs2)cc1Cl. The number of amides is 2. The molecule has 1 aromatic carbocycles. The number of thiophene rings is 1. The summed E-state index contributed by atoms with van der Waals surface area (Å²) < 4.78 is 0. The molecule has 7 heteroatoms. The highest BCUT2D eigenvalue weighted by atomic mass is 35.5. The van der Waals surface area contributed by atoms with Gasteiger partial charge in [-0.15, -0.1) is 11.3 Å². The predicted molar refractivity (Wildman–Crippen MR) is 93.2 cm³/mol. The third-order valence-electron chi connectivity index (χ3n) is 3.91. The number of nitrogens with zero attached hydrogens (tertiary/aromatic N) is 2. The van der Waals surface area contributed by atoms with Crippen LogP contribution in [0.5, 0.6) is 0 Å². The van der Waals surface area contributed by atoms with Crippen molar-refractivity contribution < 1.29 is 9.59 Å². The zero-order valence-corrected chi connectivity index (χ0v) is 14.2. The molecule has 1 unspecified atom stereocenters. The molecule has 0 saturated carbocycles. The van der Waals surface area contributed by atoms with E-state index in [9.17, 15) is 9.59 Å². The molecule has 0 aliphatic carbocycles. The van der Waals surface area contributed by atoms with Gasteiger partial charge in [0.05, 0.1) is 15.5 Å². The number of hydrogen-bond donors (Lipinski definition) is 1. The predicted octanol–water partition coefficient (Wildman–Crippen LogP) is 3.52. The number of nitrogens with one attached hydrogen (secondary N) is 1. The van der Waals surface area contributed by atoms with Gasteiger partial charge in [-0.05, 0) is 42.5 Å². The van der Waals surface area contributed by atoms with Gasteiger partial charge in [0.25, 0.3) is 5.91 Å². The molecule has 122 valence electrons. The molecule has 0 bridgehead atoms. The van der Waals surface area contributed by atoms with Crippen molar-refractivity contribution in [3.8, 4) is 6.07 Å². The highest BCUT2D eigenvalue weighted by Gasteiger charge is 2.34. The molecule has 2 aromatic rings. The Bertz CT molecular complexity index is 814. The van der Waals surface area contributed by atoms with Gasteiger partial charge in [-0.1, -0.05) is 17.7 Å². The van der Waals surface area contributed by atoms with Crippen LogP contribution < -0.4 is 5.32 Å². The summed E-state index contributed by atoms with van der Waals surface area (Å²) in [6.45, 7) is 0.572. The summed E-state index contributed by atoms with van der Waals surface area (Å²) in [4.78, 5) is 27.3. The molecule has 1 saturated heterocycles. The number of nitriles is 1. The smallest absolute Gasteiger partial charge is 0.264 e. The highest BCUT2D eigenvalue weighted by molar-refractivity contribution is 7.12. The van der Waals surface area contributed by atoms with E-state index in [1.807, 2.05) is 17.5 Å². The molecule has 1 N–H and O–H groups in total. The standard InChI is InChI=1S/C17H14ClN3O2S/c18-13-9-12(6-5-11(13)10-19)20-16(22)14-3-1-7-21(14)17(23)15-4-2-8-24-15/h2,4-6,8-9,14H,1,3,7H2,(H,20,22). The van der Waals surface area contributed by atoms with Crippen LogP contribution in [0, 0.1) is 11.3 Å². The van der Waals surface area contributed by atoms with Crippen LogP contribution in [0.1, 0.15) is 28.1 Å². The Hall–Kier alpha value is -2.36. The van der Waals surface area contributed by atoms with Crippen LogP contribution in [0.4, 0.5) is 5.69 Å². The van der Waals surface area contributed by atoms with Crippen LogP contribution in [-0.4, -0.2) is 29.3 Å². The van der Waals surface area contributed by atoms with Crippen molar-refractivity contribution in [1.29, 1.82) is 5.26 Å². The van der Waals surface area contributed by atoms with Gasteiger partial charge in [-0.2, -0.15) is 5.26 Å². The van der Waals surface area contributed by atoms with Gasteiger partial charge in [-0.25, -0.2) is 0 Å². The van der Waals surface area contributed by atoms with E-state index in [4.69, 9.17) is 16.9 Å². The van der Waals surface area contributed by atoms with Gasteiger partial charge < -0.3 is 10.2 Å². The average molecular weight is 360 g/mol. The van der Waals surface area contributed by atoms with Gasteiger partial charge in [0.2, 0.25) is 5.91 Å². The van der Waals surface area contributed by atoms with Gasteiger partial charge >= 0.3 is 0 Å². The normalized spacial score (nSPS) is 16.7. The number of hydrogen-bond acceptors (Lipinski definition) is 4. The first-order valence-corrected chi connectivity index (χ1v) is 8.71. The molecule has 1 aliphatic heterocycles. The Balaban J connectivity index is 1.73. The Morgan fingerprint density at radius 1 is 1.38 bits per heavy atom. The van der Waals surface area contributed by atoms with E-state index in [2.05, 4.69) is 5.32 Å². The largest absolute Gasteiger partial charge is 0.326 e. The summed E-state index contributed by atoms with van der Waals surface area (Å²) in [5, 5.41) is 13.8. The summed E-state index contributed by atoms with van der Waals surface area (Å²) in [5.74, 6) is -0.348. The van der Waals surface area contributed by atoms with Crippen LogP contribution in [-0.2, 0) is 4.79 Å². The monoisotopic (exact) mass is 359 g/mol. The minimum Gasteiger partial charge on any atom is -0.326 e. The number of halogens is 1. The van der Waals surface area contributed by atoms with Crippen molar-refractivity contribution in [3.63, 3.8) is 0 Å². The van der Waals surface area contributed by atoms with E-state index < -0.39 is 6.04 Å². The lowest BCUT2D eigenvalue weighted by Crippen LogP contribution is -2.42. The first-order chi connectivity index (χ1) is 11.6. The molecule has 3 rings (SSSR count). The van der Waals surface area contributed by atoms with Gasteiger partial charge in [0.1, 0.15) is 12.1 Å². The van der Waals surface area contributed by atoms with Gasteiger partial charge in [0, 0.05) is 12.2 Å². The third kappa shape index (κ3) is 3.28. The Labute approximate surface area is 148 Å². The number of rotatable bonds is 3. The lowest BCUT2D eigenvalue weighted by molar-refractivity contribution is -0.119. The van der Waals surface area contributed by atoms with E-state index in [0.29, 0.717) is 29.1 Å². The Morgan fingerprint density at radius 3 is 2.88 bits per heavy atom. The molecule has 1 aromatic heterocycles. The number of carbonyl (C=O) groups is 2. The summed E-state index contributed by atoms with van der Waals surface area (Å²) in [6, 6.07) is 9.79. The van der Waals surface area contributed by atoms with E-state index >= 15 is 0 Å². The third-order valence-corrected chi connectivity index (χ3v) is 5.08. The topological polar surface area (TPSA) is 73.2 Å². The van der Waals surface area contributed by atoms with Crippen LogP contribution in [0.15, 0.2) is 35.7 Å². The minimum atomic E-state index is -0.492. The highest BCUT2D eigenvalue weighted by Crippen LogP contribution is 2.25. The molecular weight excluding hydrogens is 346 g/mol. The van der Waals surface area contributed by atoms with Crippen molar-refractivity contribution in [3.05, 3.63) is 51.2 Å². The van der Waals surface area contributed by atoms with Crippen LogP contribution in [0.3, 0.4) is 0 Å². The van der Waals surface area contributed by atoms with Gasteiger partial charge in [-0.3, -0.25) is 9.59 Å². The minimum absolute atomic E-state index is 0.111. The summed E-state index contributed by atoms with van der Waals surface area (Å²) in [5.41, 5.74) is 0.865. The van der Waals surface area contributed by atoms with Crippen molar-refractivity contribution in [2.75, 3.05) is 11.9 Å². The number of carbonyl (C=O) groups excluding carboxylic acids is 2. The average Bonchev–Trinajstić information content (AvgIpc) is 3.26. The van der Waals surface area contributed by atoms with E-state index in [1.165, 1.54) is 11.3 Å². The van der Waals surface area contributed by atoms with Gasteiger partial charge in [0.15, 0.2) is 0 Å². The van der Waals surface area contributed by atoms with E-state index in [-0.39, 0.29) is 16.8 Å². The second-order valence-electron chi connectivity index (χ2n) is 5.43. The van der Waals surface area contributed by atoms with Crippen molar-refractivity contribution >= 4 is 40.4 Å².